The Hall–Kier alpha value is -1.76. The first-order valence-corrected chi connectivity index (χ1v) is 11.7. The van der Waals surface area contributed by atoms with Gasteiger partial charge in [-0.3, -0.25) is 9.59 Å². The summed E-state index contributed by atoms with van der Waals surface area (Å²) in [4.78, 5) is 27.2. The van der Waals surface area contributed by atoms with Gasteiger partial charge in [0, 0.05) is 17.6 Å². The van der Waals surface area contributed by atoms with E-state index in [9.17, 15) is 9.59 Å². The van der Waals surface area contributed by atoms with Crippen molar-refractivity contribution in [3.63, 3.8) is 0 Å². The molecule has 0 heterocycles. The zero-order valence-corrected chi connectivity index (χ0v) is 21.0. The van der Waals surface area contributed by atoms with Crippen LogP contribution in [-0.2, 0) is 16.1 Å². The summed E-state index contributed by atoms with van der Waals surface area (Å²) in [6, 6.07) is 9.99. The summed E-state index contributed by atoms with van der Waals surface area (Å²) < 4.78 is 6.67. The third-order valence-corrected chi connectivity index (χ3v) is 6.45. The van der Waals surface area contributed by atoms with Crippen molar-refractivity contribution in [3.8, 4) is 5.75 Å². The van der Waals surface area contributed by atoms with Crippen molar-refractivity contribution < 1.29 is 14.3 Å². The standard InChI is InChI=1S/C23H27BrCl2N2O3/c1-4-5-10-27-23(30)16(3)28(13-17-6-9-20(25)21(26)12-17)22(29)14-31-18-7-8-19(24)15(2)11-18/h6-9,11-12,16H,4-5,10,13-14H2,1-3H3,(H,27,30)/t16-/m1/s1. The van der Waals surface area contributed by atoms with Gasteiger partial charge in [-0.2, -0.15) is 0 Å². The lowest BCUT2D eigenvalue weighted by Gasteiger charge is -2.29. The van der Waals surface area contributed by atoms with E-state index in [4.69, 9.17) is 27.9 Å². The molecule has 168 valence electrons. The molecule has 0 aliphatic carbocycles. The summed E-state index contributed by atoms with van der Waals surface area (Å²) >= 11 is 15.6. The van der Waals surface area contributed by atoms with E-state index in [0.717, 1.165) is 28.4 Å². The number of nitrogens with one attached hydrogen (secondary N) is 1. The van der Waals surface area contributed by atoms with Gasteiger partial charge in [0.25, 0.3) is 5.91 Å². The lowest BCUT2D eigenvalue weighted by atomic mass is 10.1. The number of hydrogen-bond donors (Lipinski definition) is 1. The first-order chi connectivity index (χ1) is 14.7. The molecule has 0 fully saturated rings. The molecule has 0 spiro atoms. The molecular weight excluding hydrogens is 503 g/mol. The highest BCUT2D eigenvalue weighted by Crippen LogP contribution is 2.24. The van der Waals surface area contributed by atoms with Crippen molar-refractivity contribution in [1.29, 1.82) is 0 Å². The quantitative estimate of drug-likeness (QED) is 0.397. The number of hydrogen-bond acceptors (Lipinski definition) is 3. The molecule has 0 saturated heterocycles. The van der Waals surface area contributed by atoms with Crippen LogP contribution in [0.1, 0.15) is 37.8 Å². The molecule has 0 saturated carbocycles. The number of halogens is 3. The van der Waals surface area contributed by atoms with Crippen LogP contribution in [-0.4, -0.2) is 35.9 Å². The van der Waals surface area contributed by atoms with Crippen LogP contribution in [0.3, 0.4) is 0 Å². The molecule has 0 bridgehead atoms. The number of unbranched alkanes of at least 4 members (excludes halogenated alkanes) is 1. The largest absolute Gasteiger partial charge is 0.484 e. The van der Waals surface area contributed by atoms with E-state index in [2.05, 4.69) is 28.2 Å². The summed E-state index contributed by atoms with van der Waals surface area (Å²) in [5.41, 5.74) is 1.77. The number of nitrogens with zero attached hydrogens (tertiary/aromatic N) is 1. The molecule has 5 nitrogen and oxygen atoms in total. The van der Waals surface area contributed by atoms with Crippen LogP contribution in [0.25, 0.3) is 0 Å². The molecule has 2 aromatic rings. The average molecular weight is 530 g/mol. The number of carbonyl (C=O) groups is 2. The van der Waals surface area contributed by atoms with E-state index in [-0.39, 0.29) is 25.0 Å². The van der Waals surface area contributed by atoms with Crippen LogP contribution in [0.15, 0.2) is 40.9 Å². The normalized spacial score (nSPS) is 11.7. The van der Waals surface area contributed by atoms with Crippen LogP contribution in [0.5, 0.6) is 5.75 Å². The molecule has 2 rings (SSSR count). The Balaban J connectivity index is 2.15. The molecule has 0 unspecified atom stereocenters. The van der Waals surface area contributed by atoms with E-state index in [1.54, 1.807) is 31.2 Å². The first kappa shape index (κ1) is 25.5. The van der Waals surface area contributed by atoms with Gasteiger partial charge in [-0.05, 0) is 61.7 Å². The smallest absolute Gasteiger partial charge is 0.261 e. The number of benzene rings is 2. The molecule has 2 aromatic carbocycles. The van der Waals surface area contributed by atoms with Crippen molar-refractivity contribution in [1.82, 2.24) is 10.2 Å². The Kier molecular flexibility index (Phi) is 10.1. The van der Waals surface area contributed by atoms with Gasteiger partial charge in [-0.1, -0.05) is 58.5 Å². The molecule has 2 amide bonds. The lowest BCUT2D eigenvalue weighted by molar-refractivity contribution is -0.142. The van der Waals surface area contributed by atoms with Gasteiger partial charge in [-0.15, -0.1) is 0 Å². The second-order valence-corrected chi connectivity index (χ2v) is 8.96. The highest BCUT2D eigenvalue weighted by atomic mass is 79.9. The minimum atomic E-state index is -0.672. The van der Waals surface area contributed by atoms with E-state index in [0.29, 0.717) is 22.3 Å². The minimum absolute atomic E-state index is 0.186. The van der Waals surface area contributed by atoms with Gasteiger partial charge < -0.3 is 15.0 Å². The molecule has 8 heteroatoms. The molecule has 0 radical (unpaired) electrons. The van der Waals surface area contributed by atoms with E-state index >= 15 is 0 Å². The fourth-order valence-electron chi connectivity index (χ4n) is 2.89. The van der Waals surface area contributed by atoms with Gasteiger partial charge in [0.2, 0.25) is 5.91 Å². The van der Waals surface area contributed by atoms with Gasteiger partial charge >= 0.3 is 0 Å². The zero-order chi connectivity index (χ0) is 23.0. The van der Waals surface area contributed by atoms with Crippen molar-refractivity contribution in [2.75, 3.05) is 13.2 Å². The predicted molar refractivity (Wildman–Crippen MR) is 129 cm³/mol. The lowest BCUT2D eigenvalue weighted by Crippen LogP contribution is -2.49. The van der Waals surface area contributed by atoms with Crippen molar-refractivity contribution >= 4 is 50.9 Å². The average Bonchev–Trinajstić information content (AvgIpc) is 2.74. The third kappa shape index (κ3) is 7.70. The molecular formula is C23H27BrCl2N2O3. The number of aryl methyl sites for hydroxylation is 1. The number of ether oxygens (including phenoxy) is 1. The maximum absolute atomic E-state index is 13.1. The van der Waals surface area contributed by atoms with Crippen LogP contribution in [0.4, 0.5) is 0 Å². The number of rotatable bonds is 10. The van der Waals surface area contributed by atoms with Crippen LogP contribution >= 0.6 is 39.1 Å². The monoisotopic (exact) mass is 528 g/mol. The third-order valence-electron chi connectivity index (χ3n) is 4.83. The van der Waals surface area contributed by atoms with E-state index in [1.165, 1.54) is 4.90 Å². The minimum Gasteiger partial charge on any atom is -0.484 e. The summed E-state index contributed by atoms with van der Waals surface area (Å²) in [5.74, 6) is 0.0784. The molecule has 0 aliphatic rings. The van der Waals surface area contributed by atoms with Gasteiger partial charge in [0.15, 0.2) is 6.61 Å². The Bertz CT molecular complexity index is 924. The van der Waals surface area contributed by atoms with Gasteiger partial charge in [0.1, 0.15) is 11.8 Å². The summed E-state index contributed by atoms with van der Waals surface area (Å²) in [7, 11) is 0. The topological polar surface area (TPSA) is 58.6 Å². The summed E-state index contributed by atoms with van der Waals surface area (Å²) in [6.07, 6.45) is 1.85. The fraction of sp³-hybridized carbons (Fsp3) is 0.391. The Morgan fingerprint density at radius 1 is 1.16 bits per heavy atom. The van der Waals surface area contributed by atoms with Crippen LogP contribution < -0.4 is 10.1 Å². The Morgan fingerprint density at radius 3 is 2.55 bits per heavy atom. The Morgan fingerprint density at radius 2 is 1.90 bits per heavy atom. The summed E-state index contributed by atoms with van der Waals surface area (Å²) in [5, 5.41) is 3.72. The predicted octanol–water partition coefficient (Wildman–Crippen LogP) is 5.78. The highest BCUT2D eigenvalue weighted by Gasteiger charge is 2.26. The van der Waals surface area contributed by atoms with Crippen molar-refractivity contribution in [3.05, 3.63) is 62.0 Å². The maximum Gasteiger partial charge on any atom is 0.261 e. The van der Waals surface area contributed by atoms with Crippen LogP contribution in [0.2, 0.25) is 10.0 Å². The highest BCUT2D eigenvalue weighted by molar-refractivity contribution is 9.10. The zero-order valence-electron chi connectivity index (χ0n) is 17.9. The molecule has 31 heavy (non-hydrogen) atoms. The second-order valence-electron chi connectivity index (χ2n) is 7.29. The van der Waals surface area contributed by atoms with Crippen molar-refractivity contribution in [2.24, 2.45) is 0 Å². The van der Waals surface area contributed by atoms with Gasteiger partial charge in [-0.25, -0.2) is 0 Å². The van der Waals surface area contributed by atoms with Gasteiger partial charge in [0.05, 0.1) is 10.0 Å². The molecule has 1 N–H and O–H groups in total. The fourth-order valence-corrected chi connectivity index (χ4v) is 3.46. The number of carbonyl (C=O) groups excluding carboxylic acids is 2. The molecule has 0 aliphatic heterocycles. The maximum atomic E-state index is 13.1. The van der Waals surface area contributed by atoms with Crippen LogP contribution in [0, 0.1) is 6.92 Å². The molecule has 1 atom stereocenters. The molecule has 0 aromatic heterocycles. The van der Waals surface area contributed by atoms with Crippen molar-refractivity contribution in [2.45, 2.75) is 46.2 Å². The van der Waals surface area contributed by atoms with E-state index < -0.39 is 6.04 Å². The van der Waals surface area contributed by atoms with E-state index in [1.807, 2.05) is 19.1 Å². The number of amides is 2. The SMILES string of the molecule is CCCCNC(=O)[C@@H](C)N(Cc1ccc(Cl)c(Cl)c1)C(=O)COc1ccc(Br)c(C)c1. The first-order valence-electron chi connectivity index (χ1n) is 10.1. The Labute approximate surface area is 202 Å². The second kappa shape index (κ2) is 12.3. The summed E-state index contributed by atoms with van der Waals surface area (Å²) in [6.45, 7) is 6.30.